The van der Waals surface area contributed by atoms with E-state index in [1.165, 1.54) is 11.2 Å². The molecule has 0 aliphatic rings. The quantitative estimate of drug-likeness (QED) is 0.342. The van der Waals surface area contributed by atoms with Gasteiger partial charge in [0.1, 0.15) is 11.5 Å². The number of furan rings is 1. The lowest BCUT2D eigenvalue weighted by molar-refractivity contribution is 0.0513. The van der Waals surface area contributed by atoms with E-state index in [1.807, 2.05) is 0 Å². The molecule has 1 unspecified atom stereocenters. The third-order valence-corrected chi connectivity index (χ3v) is 6.00. The molecule has 0 saturated carbocycles. The fourth-order valence-electron chi connectivity index (χ4n) is 3.89. The average molecular weight is 471 g/mol. The Morgan fingerprint density at radius 1 is 1.15 bits per heavy atom. The van der Waals surface area contributed by atoms with E-state index in [0.717, 1.165) is 0 Å². The number of ketones is 1. The molecule has 0 aliphatic heterocycles. The summed E-state index contributed by atoms with van der Waals surface area (Å²) >= 11 is 5.97. The van der Waals surface area contributed by atoms with Crippen LogP contribution in [-0.2, 0) is 18.3 Å². The number of ether oxygens (including phenoxy) is 1. The van der Waals surface area contributed by atoms with Crippen LogP contribution in [0, 0.1) is 13.8 Å². The molecule has 1 atom stereocenters. The van der Waals surface area contributed by atoms with Gasteiger partial charge in [0.25, 0.3) is 5.91 Å². The van der Waals surface area contributed by atoms with Gasteiger partial charge in [-0.25, -0.2) is 4.79 Å². The summed E-state index contributed by atoms with van der Waals surface area (Å²) < 4.78 is 12.3. The Labute approximate surface area is 197 Å². The monoisotopic (exact) mass is 470 g/mol. The van der Waals surface area contributed by atoms with Crippen molar-refractivity contribution in [1.82, 2.24) is 9.47 Å². The van der Waals surface area contributed by atoms with Crippen LogP contribution < -0.4 is 0 Å². The normalized spacial score (nSPS) is 11.8. The summed E-state index contributed by atoms with van der Waals surface area (Å²) in [6.07, 6.45) is 1.52. The molecule has 0 fully saturated rings. The Morgan fingerprint density at radius 3 is 2.39 bits per heavy atom. The molecule has 1 amide bonds. The van der Waals surface area contributed by atoms with Crippen molar-refractivity contribution in [3.05, 3.63) is 81.5 Å². The number of esters is 1. The zero-order chi connectivity index (χ0) is 24.3. The predicted molar refractivity (Wildman–Crippen MR) is 125 cm³/mol. The first kappa shape index (κ1) is 24.3. The Bertz CT molecular complexity index is 1160. The van der Waals surface area contributed by atoms with Crippen LogP contribution in [0.15, 0.2) is 47.1 Å². The Balaban J connectivity index is 2.01. The van der Waals surface area contributed by atoms with Crippen LogP contribution in [0.1, 0.15) is 62.1 Å². The highest BCUT2D eigenvalue weighted by molar-refractivity contribution is 6.30. The molecule has 2 heterocycles. The molecule has 0 radical (unpaired) electrons. The molecule has 0 saturated heterocycles. The van der Waals surface area contributed by atoms with Crippen LogP contribution in [0.5, 0.6) is 0 Å². The summed E-state index contributed by atoms with van der Waals surface area (Å²) in [5.74, 6) is -0.548. The van der Waals surface area contributed by atoms with Crippen LogP contribution >= 0.6 is 11.6 Å². The number of amides is 1. The van der Waals surface area contributed by atoms with E-state index in [2.05, 4.69) is 0 Å². The van der Waals surface area contributed by atoms with Crippen LogP contribution in [-0.4, -0.2) is 39.8 Å². The molecule has 7 nitrogen and oxygen atoms in total. The molecule has 3 rings (SSSR count). The fraction of sp³-hybridized carbons (Fsp3) is 0.320. The first-order valence-corrected chi connectivity index (χ1v) is 11.0. The van der Waals surface area contributed by atoms with E-state index in [9.17, 15) is 14.4 Å². The smallest absolute Gasteiger partial charge is 0.355 e. The first-order valence-electron chi connectivity index (χ1n) is 10.6. The van der Waals surface area contributed by atoms with E-state index < -0.39 is 12.0 Å². The lowest BCUT2D eigenvalue weighted by atomic mass is 9.99. The molecule has 8 heteroatoms. The maximum Gasteiger partial charge on any atom is 0.355 e. The molecular formula is C25H27ClN2O5. The highest BCUT2D eigenvalue weighted by Gasteiger charge is 2.33. The number of carbonyl (C=O) groups is 3. The Kier molecular flexibility index (Phi) is 7.43. The summed E-state index contributed by atoms with van der Waals surface area (Å²) in [5, 5.41) is 0.510. The van der Waals surface area contributed by atoms with Gasteiger partial charge in [-0.3, -0.25) is 9.59 Å². The van der Waals surface area contributed by atoms with Crippen LogP contribution in [0.4, 0.5) is 0 Å². The zero-order valence-electron chi connectivity index (χ0n) is 19.3. The van der Waals surface area contributed by atoms with Crippen LogP contribution in [0.3, 0.4) is 0 Å². The minimum atomic E-state index is -0.826. The second kappa shape index (κ2) is 10.1. The van der Waals surface area contributed by atoms with Gasteiger partial charge < -0.3 is 18.6 Å². The largest absolute Gasteiger partial charge is 0.467 e. The van der Waals surface area contributed by atoms with Gasteiger partial charge in [0, 0.05) is 28.9 Å². The maximum absolute atomic E-state index is 13.7. The van der Waals surface area contributed by atoms with Gasteiger partial charge in [-0.05, 0) is 69.7 Å². The number of halogens is 1. The lowest BCUT2D eigenvalue weighted by Crippen LogP contribution is -2.43. The summed E-state index contributed by atoms with van der Waals surface area (Å²) in [6.45, 7) is 7.23. The molecule has 0 spiro atoms. The van der Waals surface area contributed by atoms with Crippen molar-refractivity contribution in [3.8, 4) is 0 Å². The van der Waals surface area contributed by atoms with Crippen molar-refractivity contribution in [3.63, 3.8) is 0 Å². The highest BCUT2D eigenvalue weighted by Crippen LogP contribution is 2.26. The zero-order valence-corrected chi connectivity index (χ0v) is 20.1. The molecule has 2 aromatic heterocycles. The number of rotatable bonds is 8. The first-order chi connectivity index (χ1) is 15.7. The molecule has 0 N–H and O–H groups in total. The van der Waals surface area contributed by atoms with Gasteiger partial charge in [0.05, 0.1) is 25.5 Å². The standard InChI is InChI=1S/C25H27ClN2O5/c1-6-32-25(31)22-15(2)21(16(3)27(22)5)23(29)17(4)28(14-20-8-7-13-33-20)24(30)18-9-11-19(26)12-10-18/h7-13,17H,6,14H2,1-5H3. The number of benzene rings is 1. The number of aromatic nitrogens is 1. The average Bonchev–Trinajstić information content (AvgIpc) is 3.37. The minimum Gasteiger partial charge on any atom is -0.467 e. The summed E-state index contributed by atoms with van der Waals surface area (Å²) in [5.41, 5.74) is 2.29. The van der Waals surface area contributed by atoms with Gasteiger partial charge in [-0.15, -0.1) is 0 Å². The second-order valence-corrected chi connectivity index (χ2v) is 8.21. The van der Waals surface area contributed by atoms with E-state index in [-0.39, 0.29) is 24.8 Å². The number of hydrogen-bond acceptors (Lipinski definition) is 5. The minimum absolute atomic E-state index is 0.108. The molecule has 0 aliphatic carbocycles. The van der Waals surface area contributed by atoms with Gasteiger partial charge >= 0.3 is 5.97 Å². The number of hydrogen-bond donors (Lipinski definition) is 0. The van der Waals surface area contributed by atoms with Crippen LogP contribution in [0.25, 0.3) is 0 Å². The molecule has 3 aromatic rings. The molecule has 33 heavy (non-hydrogen) atoms. The second-order valence-electron chi connectivity index (χ2n) is 7.77. The third kappa shape index (κ3) is 4.88. The number of Topliss-reactive ketones (excluding diaryl/α,β-unsaturated/α-hetero) is 1. The molecule has 1 aromatic carbocycles. The predicted octanol–water partition coefficient (Wildman–Crippen LogP) is 4.98. The van der Waals surface area contributed by atoms with E-state index in [4.69, 9.17) is 20.8 Å². The van der Waals surface area contributed by atoms with Crippen molar-refractivity contribution in [2.24, 2.45) is 7.05 Å². The number of carbonyl (C=O) groups excluding carboxylic acids is 3. The lowest BCUT2D eigenvalue weighted by Gasteiger charge is -2.28. The van der Waals surface area contributed by atoms with Crippen molar-refractivity contribution in [2.45, 2.75) is 40.3 Å². The number of nitrogens with zero attached hydrogens (tertiary/aromatic N) is 2. The molecular weight excluding hydrogens is 444 g/mol. The molecule has 0 bridgehead atoms. The fourth-order valence-corrected chi connectivity index (χ4v) is 4.02. The summed E-state index contributed by atoms with van der Waals surface area (Å²) in [7, 11) is 1.72. The van der Waals surface area contributed by atoms with Gasteiger partial charge in [0.2, 0.25) is 0 Å². The Hall–Kier alpha value is -3.32. The summed E-state index contributed by atoms with van der Waals surface area (Å²) in [6, 6.07) is 9.14. The van der Waals surface area contributed by atoms with Gasteiger partial charge in [0.15, 0.2) is 5.78 Å². The van der Waals surface area contributed by atoms with Crippen molar-refractivity contribution in [2.75, 3.05) is 6.61 Å². The third-order valence-electron chi connectivity index (χ3n) is 5.75. The highest BCUT2D eigenvalue weighted by atomic mass is 35.5. The van der Waals surface area contributed by atoms with Crippen molar-refractivity contribution >= 4 is 29.3 Å². The van der Waals surface area contributed by atoms with E-state index >= 15 is 0 Å². The van der Waals surface area contributed by atoms with E-state index in [1.54, 1.807) is 75.7 Å². The topological polar surface area (TPSA) is 81.8 Å². The maximum atomic E-state index is 13.7. The SMILES string of the molecule is CCOC(=O)c1c(C)c(C(=O)C(C)N(Cc2ccco2)C(=O)c2ccc(Cl)cc2)c(C)n1C. The van der Waals surface area contributed by atoms with Crippen LogP contribution in [0.2, 0.25) is 5.02 Å². The Morgan fingerprint density at radius 2 is 1.82 bits per heavy atom. The van der Waals surface area contributed by atoms with Gasteiger partial charge in [-0.1, -0.05) is 11.6 Å². The van der Waals surface area contributed by atoms with Gasteiger partial charge in [-0.2, -0.15) is 0 Å². The molecule has 174 valence electrons. The van der Waals surface area contributed by atoms with Crippen molar-refractivity contribution in [1.29, 1.82) is 0 Å². The van der Waals surface area contributed by atoms with Crippen molar-refractivity contribution < 1.29 is 23.5 Å². The summed E-state index contributed by atoms with van der Waals surface area (Å²) in [4.78, 5) is 41.0. The van der Waals surface area contributed by atoms with E-state index in [0.29, 0.717) is 38.9 Å².